The third-order valence-electron chi connectivity index (χ3n) is 1.39. The first-order chi connectivity index (χ1) is 5.49. The molecule has 0 saturated carbocycles. The Morgan fingerprint density at radius 1 is 1.25 bits per heavy atom. The molecule has 5 nitrogen and oxygen atoms in total. The molecule has 0 spiro atoms. The van der Waals surface area contributed by atoms with Crippen molar-refractivity contribution in [2.75, 3.05) is 6.61 Å². The summed E-state index contributed by atoms with van der Waals surface area (Å²) < 4.78 is 0. The SMILES string of the molecule is C[C@H](O)C[C@@H](O)C(=O)C(O)CO. The van der Waals surface area contributed by atoms with Crippen molar-refractivity contribution in [3.05, 3.63) is 0 Å². The highest BCUT2D eigenvalue weighted by Crippen LogP contribution is 2.01. The largest absolute Gasteiger partial charge is 0.393 e. The molecule has 0 aliphatic rings. The Labute approximate surface area is 70.3 Å². The lowest BCUT2D eigenvalue weighted by atomic mass is 10.1. The molecule has 3 atom stereocenters. The van der Waals surface area contributed by atoms with Gasteiger partial charge in [0.1, 0.15) is 12.2 Å². The Kier molecular flexibility index (Phi) is 5.00. The molecule has 0 aromatic carbocycles. The van der Waals surface area contributed by atoms with Crippen molar-refractivity contribution in [1.82, 2.24) is 0 Å². The number of ketones is 1. The summed E-state index contributed by atoms with van der Waals surface area (Å²) in [6, 6.07) is 0. The van der Waals surface area contributed by atoms with Gasteiger partial charge in [-0.05, 0) is 6.92 Å². The lowest BCUT2D eigenvalue weighted by Gasteiger charge is -2.13. The van der Waals surface area contributed by atoms with Gasteiger partial charge in [0.05, 0.1) is 12.7 Å². The molecule has 12 heavy (non-hydrogen) atoms. The normalized spacial score (nSPS) is 18.4. The molecule has 0 rings (SSSR count). The molecule has 0 radical (unpaired) electrons. The quantitative estimate of drug-likeness (QED) is 0.392. The second-order valence-corrected chi connectivity index (χ2v) is 2.70. The van der Waals surface area contributed by atoms with Crippen molar-refractivity contribution in [1.29, 1.82) is 0 Å². The number of rotatable bonds is 5. The maximum absolute atomic E-state index is 10.8. The minimum atomic E-state index is -1.56. The summed E-state index contributed by atoms with van der Waals surface area (Å²) in [6.07, 6.45) is -3.91. The van der Waals surface area contributed by atoms with Crippen LogP contribution in [-0.2, 0) is 4.79 Å². The Balaban J connectivity index is 3.92. The molecule has 0 aliphatic carbocycles. The van der Waals surface area contributed by atoms with Crippen LogP contribution in [0.4, 0.5) is 0 Å². The summed E-state index contributed by atoms with van der Waals surface area (Å²) in [5.74, 6) is -0.863. The fourth-order valence-corrected chi connectivity index (χ4v) is 0.751. The molecule has 0 bridgehead atoms. The van der Waals surface area contributed by atoms with E-state index in [9.17, 15) is 4.79 Å². The zero-order valence-corrected chi connectivity index (χ0v) is 6.84. The van der Waals surface area contributed by atoms with Gasteiger partial charge in [0.2, 0.25) is 0 Å². The first kappa shape index (κ1) is 11.5. The van der Waals surface area contributed by atoms with E-state index in [0.717, 1.165) is 0 Å². The summed E-state index contributed by atoms with van der Waals surface area (Å²) in [5.41, 5.74) is 0. The van der Waals surface area contributed by atoms with E-state index in [0.29, 0.717) is 0 Å². The molecule has 0 heterocycles. The molecule has 0 aromatic rings. The van der Waals surface area contributed by atoms with E-state index in [1.807, 2.05) is 0 Å². The topological polar surface area (TPSA) is 98.0 Å². The smallest absolute Gasteiger partial charge is 0.192 e. The van der Waals surface area contributed by atoms with Crippen molar-refractivity contribution in [3.63, 3.8) is 0 Å². The molecule has 72 valence electrons. The van der Waals surface area contributed by atoms with Crippen molar-refractivity contribution in [2.24, 2.45) is 0 Å². The maximum atomic E-state index is 10.8. The Morgan fingerprint density at radius 3 is 2.08 bits per heavy atom. The van der Waals surface area contributed by atoms with Crippen LogP contribution in [-0.4, -0.2) is 51.1 Å². The Hall–Kier alpha value is -0.490. The molecule has 5 heteroatoms. The number of hydrogen-bond acceptors (Lipinski definition) is 5. The highest BCUT2D eigenvalue weighted by molar-refractivity contribution is 5.86. The van der Waals surface area contributed by atoms with Crippen LogP contribution >= 0.6 is 0 Å². The second kappa shape index (κ2) is 5.21. The van der Waals surface area contributed by atoms with Crippen molar-refractivity contribution in [2.45, 2.75) is 31.7 Å². The molecule has 0 aliphatic heterocycles. The second-order valence-electron chi connectivity index (χ2n) is 2.70. The maximum Gasteiger partial charge on any atom is 0.192 e. The van der Waals surface area contributed by atoms with Gasteiger partial charge in [-0.1, -0.05) is 0 Å². The fourth-order valence-electron chi connectivity index (χ4n) is 0.751. The molecule has 0 saturated heterocycles. The van der Waals surface area contributed by atoms with E-state index in [2.05, 4.69) is 0 Å². The predicted octanol–water partition coefficient (Wildman–Crippen LogP) is -1.96. The summed E-state index contributed by atoms with van der Waals surface area (Å²) in [6.45, 7) is 0.706. The van der Waals surface area contributed by atoms with Gasteiger partial charge in [-0.3, -0.25) is 4.79 Å². The molecule has 1 unspecified atom stereocenters. The van der Waals surface area contributed by atoms with E-state index in [1.165, 1.54) is 6.92 Å². The number of carbonyl (C=O) groups excluding carboxylic acids is 1. The van der Waals surface area contributed by atoms with Gasteiger partial charge in [-0.15, -0.1) is 0 Å². The van der Waals surface area contributed by atoms with Gasteiger partial charge in [0.15, 0.2) is 5.78 Å². The lowest BCUT2D eigenvalue weighted by Crippen LogP contribution is -2.36. The minimum Gasteiger partial charge on any atom is -0.393 e. The number of hydrogen-bond donors (Lipinski definition) is 4. The standard InChI is InChI=1S/C7H14O5/c1-4(9)2-5(10)7(12)6(11)3-8/h4-6,8-11H,2-3H2,1H3/t4-,5+,6?/m0/s1. The van der Waals surface area contributed by atoms with Gasteiger partial charge in [-0.2, -0.15) is 0 Å². The number of Topliss-reactive ketones (excluding diaryl/α,β-unsaturated/α-hetero) is 1. The van der Waals surface area contributed by atoms with Gasteiger partial charge >= 0.3 is 0 Å². The van der Waals surface area contributed by atoms with Crippen LogP contribution in [0.3, 0.4) is 0 Å². The first-order valence-corrected chi connectivity index (χ1v) is 3.67. The molecular weight excluding hydrogens is 164 g/mol. The Morgan fingerprint density at radius 2 is 1.75 bits per heavy atom. The van der Waals surface area contributed by atoms with Crippen LogP contribution in [0.5, 0.6) is 0 Å². The van der Waals surface area contributed by atoms with E-state index < -0.39 is 30.7 Å². The zero-order valence-electron chi connectivity index (χ0n) is 6.84. The summed E-state index contributed by atoms with van der Waals surface area (Å²) in [5, 5.41) is 34.9. The number of carbonyl (C=O) groups is 1. The van der Waals surface area contributed by atoms with Crippen molar-refractivity contribution in [3.8, 4) is 0 Å². The van der Waals surface area contributed by atoms with Crippen LogP contribution in [0.2, 0.25) is 0 Å². The molecule has 0 aromatic heterocycles. The van der Waals surface area contributed by atoms with Crippen LogP contribution in [0.1, 0.15) is 13.3 Å². The minimum absolute atomic E-state index is 0.129. The van der Waals surface area contributed by atoms with Gasteiger partial charge in [-0.25, -0.2) is 0 Å². The van der Waals surface area contributed by atoms with Gasteiger partial charge in [0.25, 0.3) is 0 Å². The highest BCUT2D eigenvalue weighted by atomic mass is 16.3. The van der Waals surface area contributed by atoms with Crippen LogP contribution in [0.15, 0.2) is 0 Å². The van der Waals surface area contributed by atoms with E-state index in [-0.39, 0.29) is 6.42 Å². The fraction of sp³-hybridized carbons (Fsp3) is 0.857. The molecule has 4 N–H and O–H groups in total. The first-order valence-electron chi connectivity index (χ1n) is 3.67. The van der Waals surface area contributed by atoms with E-state index in [1.54, 1.807) is 0 Å². The summed E-state index contributed by atoms with van der Waals surface area (Å²) in [4.78, 5) is 10.8. The average molecular weight is 178 g/mol. The number of aliphatic hydroxyl groups is 4. The predicted molar refractivity (Wildman–Crippen MR) is 40.4 cm³/mol. The molecule has 0 fully saturated rings. The zero-order chi connectivity index (χ0) is 9.72. The third kappa shape index (κ3) is 3.77. The summed E-state index contributed by atoms with van der Waals surface area (Å²) >= 11 is 0. The molecular formula is C7H14O5. The average Bonchev–Trinajstić information content (AvgIpc) is 2.00. The van der Waals surface area contributed by atoms with Crippen LogP contribution in [0.25, 0.3) is 0 Å². The highest BCUT2D eigenvalue weighted by Gasteiger charge is 2.23. The van der Waals surface area contributed by atoms with Gasteiger partial charge < -0.3 is 20.4 Å². The van der Waals surface area contributed by atoms with Gasteiger partial charge in [0, 0.05) is 6.42 Å². The van der Waals surface area contributed by atoms with E-state index in [4.69, 9.17) is 20.4 Å². The Bertz CT molecular complexity index is 145. The van der Waals surface area contributed by atoms with Crippen molar-refractivity contribution < 1.29 is 25.2 Å². The third-order valence-corrected chi connectivity index (χ3v) is 1.39. The van der Waals surface area contributed by atoms with E-state index >= 15 is 0 Å². The lowest BCUT2D eigenvalue weighted by molar-refractivity contribution is -0.138. The monoisotopic (exact) mass is 178 g/mol. The number of aliphatic hydroxyl groups excluding tert-OH is 4. The molecule has 0 amide bonds. The van der Waals surface area contributed by atoms with Crippen molar-refractivity contribution >= 4 is 5.78 Å². The van der Waals surface area contributed by atoms with Crippen LogP contribution < -0.4 is 0 Å². The van der Waals surface area contributed by atoms with Crippen LogP contribution in [0, 0.1) is 0 Å². The summed E-state index contributed by atoms with van der Waals surface area (Å²) in [7, 11) is 0.